The van der Waals surface area contributed by atoms with E-state index in [1.165, 1.54) is 16.3 Å². The van der Waals surface area contributed by atoms with Gasteiger partial charge in [0.2, 0.25) is 0 Å². The van der Waals surface area contributed by atoms with Gasteiger partial charge in [0.25, 0.3) is 0 Å². The van der Waals surface area contributed by atoms with Gasteiger partial charge in [-0.05, 0) is 12.1 Å². The zero-order valence-electron chi connectivity index (χ0n) is 6.49. The van der Waals surface area contributed by atoms with Crippen LogP contribution in [0.15, 0.2) is 18.2 Å². The van der Waals surface area contributed by atoms with E-state index < -0.39 is 0 Å². The maximum atomic E-state index is 5.73. The van der Waals surface area contributed by atoms with Crippen molar-refractivity contribution in [3.63, 3.8) is 0 Å². The molecule has 0 aliphatic heterocycles. The summed E-state index contributed by atoms with van der Waals surface area (Å²) in [5.41, 5.74) is 1.11. The van der Waals surface area contributed by atoms with Crippen LogP contribution in [0.2, 0.25) is 10.0 Å². The van der Waals surface area contributed by atoms with Crippen molar-refractivity contribution in [1.29, 1.82) is 0 Å². The molecule has 0 nitrogen and oxygen atoms in total. The Morgan fingerprint density at radius 3 is 2.25 bits per heavy atom. The number of hydrogen-bond donors (Lipinski definition) is 0. The molecule has 0 saturated carbocycles. The summed E-state index contributed by atoms with van der Waals surface area (Å²) in [4.78, 5) is 0. The monoisotopic (exact) mass is 316 g/mol. The van der Waals surface area contributed by atoms with Gasteiger partial charge in [0, 0.05) is 0 Å². The summed E-state index contributed by atoms with van der Waals surface area (Å²) in [7, 11) is 0. The van der Waals surface area contributed by atoms with Gasteiger partial charge in [-0.2, -0.15) is 6.42 Å². The van der Waals surface area contributed by atoms with E-state index in [4.69, 9.17) is 23.2 Å². The molecule has 0 amide bonds. The van der Waals surface area contributed by atoms with Crippen LogP contribution in [0.5, 0.6) is 0 Å². The molecule has 0 spiro atoms. The van der Waals surface area contributed by atoms with Crippen molar-refractivity contribution in [3.8, 4) is 0 Å². The van der Waals surface area contributed by atoms with Crippen LogP contribution >= 0.6 is 36.8 Å². The van der Waals surface area contributed by atoms with Crippen LogP contribution in [0, 0.1) is 6.92 Å². The van der Waals surface area contributed by atoms with E-state index in [2.05, 4.69) is 20.5 Å². The average Bonchev–Trinajstić information content (AvgIpc) is 2.13. The predicted molar refractivity (Wildman–Crippen MR) is 54.5 cm³/mol. The molecule has 0 saturated heterocycles. The summed E-state index contributed by atoms with van der Waals surface area (Å²) in [6, 6.07) is 5.53. The molecule has 0 radical (unpaired) electrons. The van der Waals surface area contributed by atoms with Gasteiger partial charge in [0.1, 0.15) is 0 Å². The Bertz CT molecular complexity index is 240. The Hall–Kier alpha value is 0.903. The van der Waals surface area contributed by atoms with E-state index in [1.54, 1.807) is 6.07 Å². The van der Waals surface area contributed by atoms with E-state index >= 15 is 0 Å². The summed E-state index contributed by atoms with van der Waals surface area (Å²) in [6.07, 6.45) is 0.747. The van der Waals surface area contributed by atoms with Crippen LogP contribution < -0.4 is 0 Å². The van der Waals surface area contributed by atoms with Gasteiger partial charge in [0.05, 0.1) is 10.0 Å². The first kappa shape index (κ1) is 12.9. The Morgan fingerprint density at radius 1 is 1.25 bits per heavy atom. The van der Waals surface area contributed by atoms with Crippen LogP contribution in [-0.4, -0.2) is 0 Å². The molecule has 0 aliphatic rings. The van der Waals surface area contributed by atoms with E-state index in [0.29, 0.717) is 10.0 Å². The van der Waals surface area contributed by atoms with Crippen molar-refractivity contribution < 1.29 is 16.3 Å². The van der Waals surface area contributed by atoms with E-state index in [-0.39, 0.29) is 0 Å². The van der Waals surface area contributed by atoms with E-state index in [9.17, 15) is 0 Å². The Labute approximate surface area is 99.7 Å². The molecule has 12 heavy (non-hydrogen) atoms. The van der Waals surface area contributed by atoms with Gasteiger partial charge in [0.15, 0.2) is 0 Å². The third kappa shape index (κ3) is 4.23. The van der Waals surface area contributed by atoms with Crippen molar-refractivity contribution in [2.24, 2.45) is 0 Å². The number of benzene rings is 1. The number of rotatable bonds is 1. The van der Waals surface area contributed by atoms with Crippen LogP contribution in [-0.2, 0) is 22.8 Å². The Morgan fingerprint density at radius 2 is 1.83 bits per heavy atom. The molecular weight excluding hydrogens is 312 g/mol. The summed E-state index contributed by atoms with van der Waals surface area (Å²) in [6.45, 7) is 3.72. The quantitative estimate of drug-likeness (QED) is 0.537. The molecule has 0 heterocycles. The SMILES string of the molecule is [CH2-]Cc1ccc(Cl)c(Cl)c1.[Zn+][Br]. The molecule has 62 valence electrons. The van der Waals surface area contributed by atoms with Gasteiger partial charge in [-0.15, -0.1) is 0 Å². The van der Waals surface area contributed by atoms with Gasteiger partial charge < -0.3 is 6.92 Å². The zero-order valence-corrected chi connectivity index (χ0v) is 12.6. The molecule has 4 heteroatoms. The van der Waals surface area contributed by atoms with Crippen LogP contribution in [0.25, 0.3) is 0 Å². The number of halogens is 3. The minimum absolute atomic E-state index is 0.596. The fourth-order valence-corrected chi connectivity index (χ4v) is 1.02. The van der Waals surface area contributed by atoms with E-state index in [0.717, 1.165) is 12.0 Å². The van der Waals surface area contributed by atoms with Crippen LogP contribution in [0.1, 0.15) is 5.56 Å². The predicted octanol–water partition coefficient (Wildman–Crippen LogP) is 4.21. The van der Waals surface area contributed by atoms with Gasteiger partial charge >= 0.3 is 30.0 Å². The summed E-state index contributed by atoms with van der Waals surface area (Å²) in [5, 5.41) is 1.20. The van der Waals surface area contributed by atoms with Crippen molar-refractivity contribution in [1.82, 2.24) is 0 Å². The summed E-state index contributed by atoms with van der Waals surface area (Å²) < 4.78 is 0. The van der Waals surface area contributed by atoms with Crippen molar-refractivity contribution in [2.45, 2.75) is 6.42 Å². The molecule has 0 bridgehead atoms. The normalized spacial score (nSPS) is 8.83. The second-order valence-corrected chi connectivity index (χ2v) is 2.81. The van der Waals surface area contributed by atoms with Gasteiger partial charge in [-0.25, -0.2) is 0 Å². The topological polar surface area (TPSA) is 0 Å². The summed E-state index contributed by atoms with van der Waals surface area (Å²) >= 11 is 15.7. The molecule has 1 aromatic rings. The summed E-state index contributed by atoms with van der Waals surface area (Å²) in [5.74, 6) is 0. The Kier molecular flexibility index (Phi) is 7.87. The first-order valence-electron chi connectivity index (χ1n) is 3.24. The minimum atomic E-state index is 0.596. The fraction of sp³-hybridized carbons (Fsp3) is 0.125. The van der Waals surface area contributed by atoms with E-state index in [1.807, 2.05) is 12.1 Å². The van der Waals surface area contributed by atoms with Crippen LogP contribution in [0.4, 0.5) is 0 Å². The molecule has 0 aromatic heterocycles. The van der Waals surface area contributed by atoms with Crippen LogP contribution in [0.3, 0.4) is 0 Å². The first-order valence-corrected chi connectivity index (χ1v) is 10.9. The number of hydrogen-bond acceptors (Lipinski definition) is 0. The average molecular weight is 319 g/mol. The second kappa shape index (κ2) is 7.32. The molecule has 0 N–H and O–H groups in total. The van der Waals surface area contributed by atoms with Crippen molar-refractivity contribution in [3.05, 3.63) is 40.7 Å². The molecule has 1 rings (SSSR count). The molecule has 0 atom stereocenters. The first-order chi connectivity index (χ1) is 5.74. The molecule has 0 aliphatic carbocycles. The molecule has 0 unspecified atom stereocenters. The Balaban J connectivity index is 0.000000561. The molecule has 0 fully saturated rings. The van der Waals surface area contributed by atoms with Gasteiger partial charge in [-0.3, -0.25) is 0 Å². The zero-order chi connectivity index (χ0) is 9.56. The fourth-order valence-electron chi connectivity index (χ4n) is 0.695. The van der Waals surface area contributed by atoms with Gasteiger partial charge in [-0.1, -0.05) is 34.8 Å². The standard InChI is InChI=1S/C8H7Cl2.BrH.Zn/c1-2-6-3-4-7(9)8(10)5-6;;/h3-5H,1-2H2;1H;/q-1;;+2/p-1. The third-order valence-electron chi connectivity index (χ3n) is 1.27. The molecule has 1 aromatic carbocycles. The third-order valence-corrected chi connectivity index (χ3v) is 2.01. The maximum absolute atomic E-state index is 5.73. The molecular formula is C8H7BrCl2Zn. The van der Waals surface area contributed by atoms with Crippen molar-refractivity contribution >= 4 is 36.8 Å². The van der Waals surface area contributed by atoms with Crippen molar-refractivity contribution in [2.75, 3.05) is 0 Å². The second-order valence-electron chi connectivity index (χ2n) is 2.00.